The van der Waals surface area contributed by atoms with Crippen molar-refractivity contribution >= 4 is 0 Å². The molecule has 0 amide bonds. The van der Waals surface area contributed by atoms with Gasteiger partial charge in [-0.2, -0.15) is 0 Å². The molecule has 19 heavy (non-hydrogen) atoms. The van der Waals surface area contributed by atoms with E-state index in [1.54, 1.807) is 0 Å². The van der Waals surface area contributed by atoms with E-state index < -0.39 is 0 Å². The molecule has 2 aliphatic rings. The third-order valence-corrected chi connectivity index (χ3v) is 5.01. The van der Waals surface area contributed by atoms with Gasteiger partial charge in [-0.3, -0.25) is 0 Å². The lowest BCUT2D eigenvalue weighted by molar-refractivity contribution is 0.180. The van der Waals surface area contributed by atoms with Crippen LogP contribution in [0.25, 0.3) is 0 Å². The number of hydrogen-bond donors (Lipinski definition) is 1. The van der Waals surface area contributed by atoms with Crippen molar-refractivity contribution in [1.82, 2.24) is 14.9 Å². The Hall–Kier alpha value is -0.830. The van der Waals surface area contributed by atoms with Gasteiger partial charge in [-0.05, 0) is 50.0 Å². The SMILES string of the molecule is CC1CCC(CNC2CC2)C(Cc2nccn2C)C1. The molecule has 2 saturated carbocycles. The van der Waals surface area contributed by atoms with Gasteiger partial charge in [0.2, 0.25) is 0 Å². The fraction of sp³-hybridized carbons (Fsp3) is 0.812. The van der Waals surface area contributed by atoms with Crippen molar-refractivity contribution in [2.75, 3.05) is 6.54 Å². The fourth-order valence-electron chi connectivity index (χ4n) is 3.51. The number of imidazole rings is 1. The number of aryl methyl sites for hydroxylation is 1. The summed E-state index contributed by atoms with van der Waals surface area (Å²) in [5.74, 6) is 3.82. The molecule has 0 aromatic carbocycles. The molecule has 3 atom stereocenters. The van der Waals surface area contributed by atoms with Crippen molar-refractivity contribution in [3.8, 4) is 0 Å². The first-order valence-corrected chi connectivity index (χ1v) is 7.92. The van der Waals surface area contributed by atoms with Crippen LogP contribution in [0.3, 0.4) is 0 Å². The molecule has 3 rings (SSSR count). The van der Waals surface area contributed by atoms with Gasteiger partial charge in [-0.15, -0.1) is 0 Å². The Labute approximate surface area is 116 Å². The third kappa shape index (κ3) is 3.38. The van der Waals surface area contributed by atoms with Gasteiger partial charge in [0.15, 0.2) is 0 Å². The van der Waals surface area contributed by atoms with Gasteiger partial charge >= 0.3 is 0 Å². The molecular formula is C16H27N3. The van der Waals surface area contributed by atoms with Crippen LogP contribution in [0.2, 0.25) is 0 Å². The summed E-state index contributed by atoms with van der Waals surface area (Å²) < 4.78 is 2.19. The highest BCUT2D eigenvalue weighted by atomic mass is 15.0. The summed E-state index contributed by atoms with van der Waals surface area (Å²) in [4.78, 5) is 4.52. The minimum Gasteiger partial charge on any atom is -0.338 e. The molecule has 1 aromatic heterocycles. The Morgan fingerprint density at radius 3 is 2.79 bits per heavy atom. The summed E-state index contributed by atoms with van der Waals surface area (Å²) in [6.07, 6.45) is 12.1. The van der Waals surface area contributed by atoms with Crippen molar-refractivity contribution in [3.05, 3.63) is 18.2 Å². The highest BCUT2D eigenvalue weighted by molar-refractivity contribution is 4.96. The smallest absolute Gasteiger partial charge is 0.108 e. The molecule has 0 bridgehead atoms. The maximum Gasteiger partial charge on any atom is 0.108 e. The van der Waals surface area contributed by atoms with Crippen molar-refractivity contribution in [3.63, 3.8) is 0 Å². The third-order valence-electron chi connectivity index (χ3n) is 5.01. The summed E-state index contributed by atoms with van der Waals surface area (Å²) >= 11 is 0. The average molecular weight is 261 g/mol. The van der Waals surface area contributed by atoms with Crippen molar-refractivity contribution in [1.29, 1.82) is 0 Å². The average Bonchev–Trinajstić information content (AvgIpc) is 3.13. The number of rotatable bonds is 5. The van der Waals surface area contributed by atoms with E-state index in [9.17, 15) is 0 Å². The maximum atomic E-state index is 4.52. The number of nitrogens with one attached hydrogen (secondary N) is 1. The number of nitrogens with zero attached hydrogens (tertiary/aromatic N) is 2. The second-order valence-corrected chi connectivity index (χ2v) is 6.78. The van der Waals surface area contributed by atoms with E-state index in [1.165, 1.54) is 44.5 Å². The normalized spacial score (nSPS) is 31.6. The summed E-state index contributed by atoms with van der Waals surface area (Å²) in [5.41, 5.74) is 0. The van der Waals surface area contributed by atoms with Crippen LogP contribution in [-0.4, -0.2) is 22.1 Å². The van der Waals surface area contributed by atoms with Gasteiger partial charge in [-0.1, -0.05) is 13.3 Å². The van der Waals surface area contributed by atoms with E-state index >= 15 is 0 Å². The molecule has 0 saturated heterocycles. The summed E-state index contributed by atoms with van der Waals surface area (Å²) in [5, 5.41) is 3.74. The van der Waals surface area contributed by atoms with Crippen LogP contribution in [0.4, 0.5) is 0 Å². The first-order chi connectivity index (χ1) is 9.22. The number of aromatic nitrogens is 2. The summed E-state index contributed by atoms with van der Waals surface area (Å²) in [6.45, 7) is 3.64. The van der Waals surface area contributed by atoms with Crippen LogP contribution in [0.15, 0.2) is 12.4 Å². The van der Waals surface area contributed by atoms with Crippen molar-refractivity contribution < 1.29 is 0 Å². The largest absolute Gasteiger partial charge is 0.338 e. The topological polar surface area (TPSA) is 29.9 Å². The molecule has 0 radical (unpaired) electrons. The maximum absolute atomic E-state index is 4.52. The first kappa shape index (κ1) is 13.2. The highest BCUT2D eigenvalue weighted by Crippen LogP contribution is 2.35. The van der Waals surface area contributed by atoms with E-state index in [0.717, 1.165) is 30.2 Å². The summed E-state index contributed by atoms with van der Waals surface area (Å²) in [7, 11) is 2.12. The minimum absolute atomic E-state index is 0.816. The van der Waals surface area contributed by atoms with E-state index in [4.69, 9.17) is 0 Å². The quantitative estimate of drug-likeness (QED) is 0.883. The lowest BCUT2D eigenvalue weighted by atomic mass is 9.73. The molecular weight excluding hydrogens is 234 g/mol. The number of hydrogen-bond acceptors (Lipinski definition) is 2. The molecule has 2 aliphatic carbocycles. The molecule has 0 aliphatic heterocycles. The summed E-state index contributed by atoms with van der Waals surface area (Å²) in [6, 6.07) is 0.841. The Morgan fingerprint density at radius 1 is 1.26 bits per heavy atom. The van der Waals surface area contributed by atoms with Gasteiger partial charge < -0.3 is 9.88 Å². The van der Waals surface area contributed by atoms with Crippen LogP contribution >= 0.6 is 0 Å². The van der Waals surface area contributed by atoms with E-state index in [-0.39, 0.29) is 0 Å². The monoisotopic (exact) mass is 261 g/mol. The Bertz CT molecular complexity index is 408. The zero-order chi connectivity index (χ0) is 13.2. The lowest BCUT2D eigenvalue weighted by Crippen LogP contribution is -2.35. The van der Waals surface area contributed by atoms with Crippen LogP contribution in [0, 0.1) is 17.8 Å². The molecule has 3 unspecified atom stereocenters. The highest BCUT2D eigenvalue weighted by Gasteiger charge is 2.31. The van der Waals surface area contributed by atoms with Crippen LogP contribution in [-0.2, 0) is 13.5 Å². The van der Waals surface area contributed by atoms with Crippen molar-refractivity contribution in [2.24, 2.45) is 24.8 Å². The Morgan fingerprint density at radius 2 is 2.11 bits per heavy atom. The molecule has 0 spiro atoms. The van der Waals surface area contributed by atoms with Gasteiger partial charge in [0.1, 0.15) is 5.82 Å². The van der Waals surface area contributed by atoms with E-state index in [0.29, 0.717) is 0 Å². The molecule has 1 aromatic rings. The molecule has 1 N–H and O–H groups in total. The predicted molar refractivity (Wildman–Crippen MR) is 77.9 cm³/mol. The van der Waals surface area contributed by atoms with Crippen LogP contribution < -0.4 is 5.32 Å². The molecule has 2 fully saturated rings. The van der Waals surface area contributed by atoms with E-state index in [1.807, 2.05) is 6.20 Å². The molecule has 3 heteroatoms. The first-order valence-electron chi connectivity index (χ1n) is 7.92. The fourth-order valence-corrected chi connectivity index (χ4v) is 3.51. The van der Waals surface area contributed by atoms with Gasteiger partial charge in [0.25, 0.3) is 0 Å². The zero-order valence-electron chi connectivity index (χ0n) is 12.3. The standard InChI is InChI=1S/C16H27N3/c1-12-3-4-13(11-18-15-5-6-15)14(9-12)10-16-17-7-8-19(16)2/h7-8,12-15,18H,3-6,9-11H2,1-2H3. The molecule has 106 valence electrons. The van der Waals surface area contributed by atoms with Gasteiger partial charge in [0, 0.05) is 31.9 Å². The van der Waals surface area contributed by atoms with Crippen LogP contribution in [0.5, 0.6) is 0 Å². The van der Waals surface area contributed by atoms with Gasteiger partial charge in [0.05, 0.1) is 0 Å². The second-order valence-electron chi connectivity index (χ2n) is 6.78. The van der Waals surface area contributed by atoms with Crippen molar-refractivity contribution in [2.45, 2.75) is 51.5 Å². The van der Waals surface area contributed by atoms with Crippen LogP contribution in [0.1, 0.15) is 44.9 Å². The lowest BCUT2D eigenvalue weighted by Gasteiger charge is -2.35. The molecule has 3 nitrogen and oxygen atoms in total. The minimum atomic E-state index is 0.816. The predicted octanol–water partition coefficient (Wildman–Crippen LogP) is 2.77. The Kier molecular flexibility index (Phi) is 3.92. The zero-order valence-corrected chi connectivity index (χ0v) is 12.3. The van der Waals surface area contributed by atoms with Gasteiger partial charge in [-0.25, -0.2) is 4.98 Å². The molecule has 1 heterocycles. The Balaban J connectivity index is 1.61. The second kappa shape index (κ2) is 5.66. The van der Waals surface area contributed by atoms with E-state index in [2.05, 4.69) is 35.0 Å².